The summed E-state index contributed by atoms with van der Waals surface area (Å²) in [5.74, 6) is 0. The first kappa shape index (κ1) is 13.7. The van der Waals surface area contributed by atoms with E-state index in [2.05, 4.69) is 34.5 Å². The van der Waals surface area contributed by atoms with Crippen LogP contribution in [-0.2, 0) is 17.8 Å². The van der Waals surface area contributed by atoms with Gasteiger partial charge in [-0.1, -0.05) is 24.3 Å². The summed E-state index contributed by atoms with van der Waals surface area (Å²) in [6, 6.07) is 10.6. The quantitative estimate of drug-likeness (QED) is 0.900. The Morgan fingerprint density at radius 2 is 2.05 bits per heavy atom. The zero-order valence-electron chi connectivity index (χ0n) is 12.8. The van der Waals surface area contributed by atoms with Gasteiger partial charge in [0.15, 0.2) is 0 Å². The lowest BCUT2D eigenvalue weighted by molar-refractivity contribution is -0.0588. The van der Waals surface area contributed by atoms with Crippen LogP contribution in [0.1, 0.15) is 43.2 Å². The predicted molar refractivity (Wildman–Crippen MR) is 84.1 cm³/mol. The highest BCUT2D eigenvalue weighted by atomic mass is 16.5. The average Bonchev–Trinajstić information content (AvgIpc) is 3.21. The molecule has 114 valence electrons. The molecular weight excluding hydrogens is 260 g/mol. The first-order valence-electron chi connectivity index (χ1n) is 8.55. The van der Waals surface area contributed by atoms with Gasteiger partial charge in [0.2, 0.25) is 0 Å². The van der Waals surface area contributed by atoms with Crippen LogP contribution in [0, 0.1) is 0 Å². The van der Waals surface area contributed by atoms with Crippen LogP contribution in [-0.4, -0.2) is 36.2 Å². The van der Waals surface area contributed by atoms with E-state index >= 15 is 0 Å². The molecule has 2 atom stereocenters. The molecule has 3 aliphatic rings. The summed E-state index contributed by atoms with van der Waals surface area (Å²) in [7, 11) is 0. The molecule has 0 spiro atoms. The maximum absolute atomic E-state index is 5.91. The minimum atomic E-state index is 0.499. The minimum absolute atomic E-state index is 0.499. The predicted octanol–water partition coefficient (Wildman–Crippen LogP) is 2.69. The molecule has 3 fully saturated rings. The van der Waals surface area contributed by atoms with Crippen molar-refractivity contribution in [1.29, 1.82) is 0 Å². The fraction of sp³-hybridized carbons (Fsp3) is 0.667. The van der Waals surface area contributed by atoms with Gasteiger partial charge >= 0.3 is 0 Å². The van der Waals surface area contributed by atoms with E-state index in [1.54, 1.807) is 0 Å². The third-order valence-corrected chi connectivity index (χ3v) is 5.15. The van der Waals surface area contributed by atoms with Crippen LogP contribution < -0.4 is 5.32 Å². The molecule has 1 aliphatic heterocycles. The Hall–Kier alpha value is -0.900. The van der Waals surface area contributed by atoms with Gasteiger partial charge in [-0.25, -0.2) is 0 Å². The van der Waals surface area contributed by atoms with Gasteiger partial charge in [-0.15, -0.1) is 0 Å². The molecular formula is C18H26N2O. The van der Waals surface area contributed by atoms with Crippen molar-refractivity contribution in [3.8, 4) is 0 Å². The number of morpholine rings is 1. The number of fused-ring (bicyclic) bond motifs is 1. The SMILES string of the molecule is c1cc(CNC2CC2)cc(CN2CCOC3CCCC32)c1. The van der Waals surface area contributed by atoms with Crippen LogP contribution in [0.15, 0.2) is 24.3 Å². The highest BCUT2D eigenvalue weighted by molar-refractivity contribution is 5.24. The van der Waals surface area contributed by atoms with E-state index in [0.717, 1.165) is 32.3 Å². The molecule has 4 rings (SSSR count). The van der Waals surface area contributed by atoms with Crippen LogP contribution in [0.2, 0.25) is 0 Å². The van der Waals surface area contributed by atoms with Crippen molar-refractivity contribution >= 4 is 0 Å². The number of hydrogen-bond acceptors (Lipinski definition) is 3. The van der Waals surface area contributed by atoms with Gasteiger partial charge in [-0.3, -0.25) is 4.90 Å². The lowest BCUT2D eigenvalue weighted by atomic mass is 10.1. The molecule has 1 aromatic rings. The molecule has 2 saturated carbocycles. The molecule has 0 bridgehead atoms. The second-order valence-corrected chi connectivity index (χ2v) is 6.85. The Balaban J connectivity index is 1.39. The van der Waals surface area contributed by atoms with E-state index in [-0.39, 0.29) is 0 Å². The number of nitrogens with one attached hydrogen (secondary N) is 1. The Kier molecular flexibility index (Phi) is 3.97. The molecule has 2 aliphatic carbocycles. The molecule has 21 heavy (non-hydrogen) atoms. The molecule has 0 radical (unpaired) electrons. The van der Waals surface area contributed by atoms with Gasteiger partial charge in [0.1, 0.15) is 0 Å². The Bertz CT molecular complexity index is 486. The molecule has 1 N–H and O–H groups in total. The lowest BCUT2D eigenvalue weighted by Gasteiger charge is -2.37. The number of nitrogens with zero attached hydrogens (tertiary/aromatic N) is 1. The van der Waals surface area contributed by atoms with Gasteiger partial charge < -0.3 is 10.1 Å². The molecule has 3 heteroatoms. The minimum Gasteiger partial charge on any atom is -0.375 e. The smallest absolute Gasteiger partial charge is 0.0731 e. The zero-order chi connectivity index (χ0) is 14.1. The van der Waals surface area contributed by atoms with Crippen molar-refractivity contribution in [2.24, 2.45) is 0 Å². The molecule has 1 saturated heterocycles. The third kappa shape index (κ3) is 3.31. The summed E-state index contributed by atoms with van der Waals surface area (Å²) < 4.78 is 5.91. The largest absolute Gasteiger partial charge is 0.375 e. The maximum atomic E-state index is 5.91. The molecule has 1 aromatic carbocycles. The molecule has 3 nitrogen and oxygen atoms in total. The van der Waals surface area contributed by atoms with E-state index in [1.165, 1.54) is 43.2 Å². The van der Waals surface area contributed by atoms with Gasteiger partial charge in [0.25, 0.3) is 0 Å². The zero-order valence-corrected chi connectivity index (χ0v) is 12.8. The Morgan fingerprint density at radius 1 is 1.14 bits per heavy atom. The van der Waals surface area contributed by atoms with Crippen molar-refractivity contribution < 1.29 is 4.74 Å². The lowest BCUT2D eigenvalue weighted by Crippen LogP contribution is -2.47. The maximum Gasteiger partial charge on any atom is 0.0731 e. The topological polar surface area (TPSA) is 24.5 Å². The summed E-state index contributed by atoms with van der Waals surface area (Å²) in [4.78, 5) is 2.65. The van der Waals surface area contributed by atoms with Gasteiger partial charge in [-0.05, 0) is 43.2 Å². The summed E-state index contributed by atoms with van der Waals surface area (Å²) in [5.41, 5.74) is 2.88. The Labute approximate surface area is 127 Å². The van der Waals surface area contributed by atoms with Gasteiger partial charge in [0.05, 0.1) is 12.7 Å². The highest BCUT2D eigenvalue weighted by Gasteiger charge is 2.35. The molecule has 1 heterocycles. The molecule has 0 aromatic heterocycles. The van der Waals surface area contributed by atoms with Gasteiger partial charge in [-0.2, -0.15) is 0 Å². The van der Waals surface area contributed by atoms with Crippen molar-refractivity contribution in [3.05, 3.63) is 35.4 Å². The van der Waals surface area contributed by atoms with Crippen LogP contribution in [0.5, 0.6) is 0 Å². The van der Waals surface area contributed by atoms with Crippen molar-refractivity contribution in [3.63, 3.8) is 0 Å². The number of hydrogen-bond donors (Lipinski definition) is 1. The van der Waals surface area contributed by atoms with E-state index in [4.69, 9.17) is 4.74 Å². The number of benzene rings is 1. The fourth-order valence-electron chi connectivity index (χ4n) is 3.82. The van der Waals surface area contributed by atoms with Crippen LogP contribution in [0.3, 0.4) is 0 Å². The second-order valence-electron chi connectivity index (χ2n) is 6.85. The van der Waals surface area contributed by atoms with Crippen LogP contribution in [0.25, 0.3) is 0 Å². The second kappa shape index (κ2) is 6.07. The molecule has 0 amide bonds. The van der Waals surface area contributed by atoms with Gasteiger partial charge in [0, 0.05) is 31.7 Å². The first-order valence-corrected chi connectivity index (χ1v) is 8.55. The summed E-state index contributed by atoms with van der Waals surface area (Å²) in [5, 5.41) is 3.61. The van der Waals surface area contributed by atoms with E-state index < -0.39 is 0 Å². The van der Waals surface area contributed by atoms with E-state index in [1.807, 2.05) is 0 Å². The summed E-state index contributed by atoms with van der Waals surface area (Å²) in [6.07, 6.45) is 7.11. The monoisotopic (exact) mass is 286 g/mol. The van der Waals surface area contributed by atoms with Crippen molar-refractivity contribution in [1.82, 2.24) is 10.2 Å². The standard InChI is InChI=1S/C18H26N2O/c1-3-14(12-19-16-7-8-16)11-15(4-1)13-20-9-10-21-18-6-2-5-17(18)20/h1,3-4,11,16-19H,2,5-10,12-13H2. The first-order chi connectivity index (χ1) is 10.4. The average molecular weight is 286 g/mol. The Morgan fingerprint density at radius 3 is 2.95 bits per heavy atom. The summed E-state index contributed by atoms with van der Waals surface area (Å²) >= 11 is 0. The summed E-state index contributed by atoms with van der Waals surface area (Å²) in [6.45, 7) is 4.10. The van der Waals surface area contributed by atoms with E-state index in [9.17, 15) is 0 Å². The van der Waals surface area contributed by atoms with Crippen molar-refractivity contribution in [2.45, 2.75) is 63.4 Å². The molecule has 2 unspecified atom stereocenters. The van der Waals surface area contributed by atoms with Crippen molar-refractivity contribution in [2.75, 3.05) is 13.2 Å². The van der Waals surface area contributed by atoms with E-state index in [0.29, 0.717) is 12.1 Å². The highest BCUT2D eigenvalue weighted by Crippen LogP contribution is 2.30. The normalized spacial score (nSPS) is 29.5. The fourth-order valence-corrected chi connectivity index (χ4v) is 3.82. The third-order valence-electron chi connectivity index (χ3n) is 5.15. The number of ether oxygens (including phenoxy) is 1. The van der Waals surface area contributed by atoms with Crippen LogP contribution in [0.4, 0.5) is 0 Å². The number of rotatable bonds is 5. The van der Waals surface area contributed by atoms with Crippen LogP contribution >= 0.6 is 0 Å².